The van der Waals surface area contributed by atoms with E-state index in [0.29, 0.717) is 5.56 Å². The fraction of sp³-hybridized carbons (Fsp3) is 0.500. The van der Waals surface area contributed by atoms with Crippen LogP contribution in [0, 0.1) is 5.41 Å². The van der Waals surface area contributed by atoms with Gasteiger partial charge in [0.25, 0.3) is 0 Å². The fourth-order valence-electron chi connectivity index (χ4n) is 1.64. The van der Waals surface area contributed by atoms with Crippen molar-refractivity contribution < 1.29 is 18.0 Å². The van der Waals surface area contributed by atoms with E-state index in [1.807, 2.05) is 0 Å². The number of ketones is 1. The molecule has 1 aromatic rings. The van der Waals surface area contributed by atoms with Crippen LogP contribution in [0.1, 0.15) is 31.9 Å². The van der Waals surface area contributed by atoms with Crippen molar-refractivity contribution in [2.75, 3.05) is 0 Å². The SMILES string of the molecule is CC(C)(C)C(=O)C(Br)Cc1cccc(C(F)(F)F)c1. The van der Waals surface area contributed by atoms with Gasteiger partial charge in [-0.25, -0.2) is 0 Å². The summed E-state index contributed by atoms with van der Waals surface area (Å²) in [5, 5.41) is 0. The second-order valence-electron chi connectivity index (χ2n) is 5.48. The Morgan fingerprint density at radius 2 is 1.84 bits per heavy atom. The zero-order valence-electron chi connectivity index (χ0n) is 11.0. The minimum atomic E-state index is -4.36. The van der Waals surface area contributed by atoms with E-state index in [1.54, 1.807) is 26.8 Å². The lowest BCUT2D eigenvalue weighted by Crippen LogP contribution is -2.30. The van der Waals surface area contributed by atoms with Crippen LogP contribution in [0.4, 0.5) is 13.2 Å². The molecular formula is C14H16BrF3O. The van der Waals surface area contributed by atoms with Crippen molar-refractivity contribution in [3.8, 4) is 0 Å². The molecule has 0 saturated carbocycles. The van der Waals surface area contributed by atoms with Crippen molar-refractivity contribution in [3.05, 3.63) is 35.4 Å². The molecule has 1 atom stereocenters. The molecule has 19 heavy (non-hydrogen) atoms. The summed E-state index contributed by atoms with van der Waals surface area (Å²) in [4.78, 5) is 11.5. The van der Waals surface area contributed by atoms with Gasteiger partial charge in [0.15, 0.2) is 5.78 Å². The summed E-state index contributed by atoms with van der Waals surface area (Å²) in [7, 11) is 0. The number of alkyl halides is 4. The molecule has 1 aromatic carbocycles. The summed E-state index contributed by atoms with van der Waals surface area (Å²) in [5.41, 5.74) is -0.710. The van der Waals surface area contributed by atoms with Crippen molar-refractivity contribution in [2.45, 2.75) is 38.2 Å². The van der Waals surface area contributed by atoms with Crippen LogP contribution in [-0.4, -0.2) is 10.6 Å². The maximum atomic E-state index is 12.6. The van der Waals surface area contributed by atoms with Crippen LogP contribution < -0.4 is 0 Å². The number of Topliss-reactive ketones (excluding diaryl/α,β-unsaturated/α-hetero) is 1. The number of carbonyl (C=O) groups is 1. The summed E-state index contributed by atoms with van der Waals surface area (Å²) >= 11 is 3.26. The average Bonchev–Trinajstić information content (AvgIpc) is 2.26. The summed E-state index contributed by atoms with van der Waals surface area (Å²) in [5.74, 6) is -0.0232. The lowest BCUT2D eigenvalue weighted by Gasteiger charge is -2.21. The molecule has 0 aromatic heterocycles. The molecule has 1 unspecified atom stereocenters. The number of carbonyl (C=O) groups excluding carboxylic acids is 1. The zero-order valence-corrected chi connectivity index (χ0v) is 12.6. The Labute approximate surface area is 119 Å². The number of hydrogen-bond acceptors (Lipinski definition) is 1. The van der Waals surface area contributed by atoms with Gasteiger partial charge < -0.3 is 0 Å². The predicted octanol–water partition coefficient (Wildman–Crippen LogP) is 4.63. The first kappa shape index (κ1) is 16.2. The number of halogens is 4. The van der Waals surface area contributed by atoms with E-state index < -0.39 is 22.0 Å². The highest BCUT2D eigenvalue weighted by Gasteiger charge is 2.31. The highest BCUT2D eigenvalue weighted by Crippen LogP contribution is 2.30. The van der Waals surface area contributed by atoms with Gasteiger partial charge in [-0.15, -0.1) is 0 Å². The Morgan fingerprint density at radius 3 is 2.32 bits per heavy atom. The highest BCUT2D eigenvalue weighted by atomic mass is 79.9. The van der Waals surface area contributed by atoms with Crippen molar-refractivity contribution in [1.29, 1.82) is 0 Å². The van der Waals surface area contributed by atoms with Gasteiger partial charge in [0.1, 0.15) is 0 Å². The zero-order chi connectivity index (χ0) is 14.8. The van der Waals surface area contributed by atoms with Crippen LogP contribution in [0.15, 0.2) is 24.3 Å². The van der Waals surface area contributed by atoms with Gasteiger partial charge >= 0.3 is 6.18 Å². The van der Waals surface area contributed by atoms with Crippen molar-refractivity contribution in [3.63, 3.8) is 0 Å². The van der Waals surface area contributed by atoms with Gasteiger partial charge in [-0.2, -0.15) is 13.2 Å². The maximum absolute atomic E-state index is 12.6. The van der Waals surface area contributed by atoms with Gasteiger partial charge in [0, 0.05) is 5.41 Å². The summed E-state index contributed by atoms with van der Waals surface area (Å²) in [6, 6.07) is 5.07. The molecule has 0 heterocycles. The summed E-state index contributed by atoms with van der Waals surface area (Å²) < 4.78 is 37.7. The van der Waals surface area contributed by atoms with Gasteiger partial charge in [-0.1, -0.05) is 54.9 Å². The summed E-state index contributed by atoms with van der Waals surface area (Å²) in [6.07, 6.45) is -4.11. The Morgan fingerprint density at radius 1 is 1.26 bits per heavy atom. The third-order valence-electron chi connectivity index (χ3n) is 2.69. The summed E-state index contributed by atoms with van der Waals surface area (Å²) in [6.45, 7) is 5.36. The van der Waals surface area contributed by atoms with Crippen molar-refractivity contribution >= 4 is 21.7 Å². The van der Waals surface area contributed by atoms with Gasteiger partial charge in [-0.05, 0) is 18.1 Å². The molecule has 1 nitrogen and oxygen atoms in total. The number of rotatable bonds is 3. The van der Waals surface area contributed by atoms with Gasteiger partial charge in [-0.3, -0.25) is 4.79 Å². The molecule has 0 amide bonds. The second kappa shape index (κ2) is 5.65. The molecule has 0 radical (unpaired) electrons. The normalized spacial score (nSPS) is 14.3. The molecule has 0 N–H and O–H groups in total. The van der Waals surface area contributed by atoms with Crippen LogP contribution in [-0.2, 0) is 17.4 Å². The predicted molar refractivity (Wildman–Crippen MR) is 72.3 cm³/mol. The third kappa shape index (κ3) is 4.64. The Bertz CT molecular complexity index is 460. The van der Waals surface area contributed by atoms with E-state index in [1.165, 1.54) is 6.07 Å². The minimum absolute atomic E-state index is 0.0232. The van der Waals surface area contributed by atoms with Gasteiger partial charge in [0.2, 0.25) is 0 Å². The molecule has 0 bridgehead atoms. The first-order chi connectivity index (χ1) is 8.51. The lowest BCUT2D eigenvalue weighted by atomic mass is 9.87. The van der Waals surface area contributed by atoms with E-state index in [9.17, 15) is 18.0 Å². The second-order valence-corrected chi connectivity index (χ2v) is 6.59. The standard InChI is InChI=1S/C14H16BrF3O/c1-13(2,3)12(19)11(15)8-9-5-4-6-10(7-9)14(16,17)18/h4-7,11H,8H2,1-3H3. The number of hydrogen-bond donors (Lipinski definition) is 0. The molecule has 0 aliphatic carbocycles. The molecule has 0 spiro atoms. The van der Waals surface area contributed by atoms with Gasteiger partial charge in [0.05, 0.1) is 10.4 Å². The monoisotopic (exact) mass is 336 g/mol. The molecule has 0 saturated heterocycles. The van der Waals surface area contributed by atoms with Crippen LogP contribution in [0.3, 0.4) is 0 Å². The van der Waals surface area contributed by atoms with Crippen molar-refractivity contribution in [2.24, 2.45) is 5.41 Å². The molecule has 1 rings (SSSR count). The van der Waals surface area contributed by atoms with Crippen molar-refractivity contribution in [1.82, 2.24) is 0 Å². The molecule has 0 aliphatic rings. The highest BCUT2D eigenvalue weighted by molar-refractivity contribution is 9.10. The van der Waals surface area contributed by atoms with Crippen LogP contribution in [0.2, 0.25) is 0 Å². The topological polar surface area (TPSA) is 17.1 Å². The van der Waals surface area contributed by atoms with E-state index in [-0.39, 0.29) is 12.2 Å². The van der Waals surface area contributed by atoms with E-state index in [4.69, 9.17) is 0 Å². The quantitative estimate of drug-likeness (QED) is 0.735. The minimum Gasteiger partial charge on any atom is -0.298 e. The molecule has 106 valence electrons. The van der Waals surface area contributed by atoms with Crippen LogP contribution in [0.25, 0.3) is 0 Å². The Balaban J connectivity index is 2.87. The smallest absolute Gasteiger partial charge is 0.298 e. The maximum Gasteiger partial charge on any atom is 0.416 e. The molecule has 0 fully saturated rings. The molecular weight excluding hydrogens is 321 g/mol. The fourth-order valence-corrected chi connectivity index (χ4v) is 2.70. The van der Waals surface area contributed by atoms with E-state index in [0.717, 1.165) is 12.1 Å². The first-order valence-electron chi connectivity index (χ1n) is 5.86. The Hall–Kier alpha value is -0.840. The van der Waals surface area contributed by atoms with E-state index >= 15 is 0 Å². The Kier molecular flexibility index (Phi) is 4.82. The van der Waals surface area contributed by atoms with E-state index in [2.05, 4.69) is 15.9 Å². The van der Waals surface area contributed by atoms with Crippen LogP contribution >= 0.6 is 15.9 Å². The third-order valence-corrected chi connectivity index (χ3v) is 3.43. The molecule has 5 heteroatoms. The van der Waals surface area contributed by atoms with Crippen LogP contribution in [0.5, 0.6) is 0 Å². The number of benzene rings is 1. The lowest BCUT2D eigenvalue weighted by molar-refractivity contribution is -0.137. The average molecular weight is 337 g/mol. The molecule has 0 aliphatic heterocycles. The largest absolute Gasteiger partial charge is 0.416 e. The first-order valence-corrected chi connectivity index (χ1v) is 6.78.